The maximum absolute atomic E-state index is 11.9. The quantitative estimate of drug-likeness (QED) is 0.845. The zero-order valence-electron chi connectivity index (χ0n) is 12.7. The topological polar surface area (TPSA) is 58.6 Å². The molecule has 21 heavy (non-hydrogen) atoms. The molecule has 1 aliphatic carbocycles. The summed E-state index contributed by atoms with van der Waals surface area (Å²) < 4.78 is 5.17. The molecule has 1 fully saturated rings. The number of aliphatic hydroxyl groups excluding tert-OH is 1. The molecule has 0 spiro atoms. The van der Waals surface area contributed by atoms with Crippen molar-refractivity contribution in [2.24, 2.45) is 5.92 Å². The van der Waals surface area contributed by atoms with Crippen molar-refractivity contribution in [3.05, 3.63) is 29.8 Å². The van der Waals surface area contributed by atoms with Crippen molar-refractivity contribution in [3.63, 3.8) is 0 Å². The number of hydrogen-bond acceptors (Lipinski definition) is 3. The van der Waals surface area contributed by atoms with Crippen LogP contribution in [0.4, 0.5) is 0 Å². The summed E-state index contributed by atoms with van der Waals surface area (Å²) in [6, 6.07) is 7.79. The van der Waals surface area contributed by atoms with Crippen LogP contribution in [-0.2, 0) is 11.2 Å². The van der Waals surface area contributed by atoms with E-state index in [4.69, 9.17) is 4.74 Å². The average Bonchev–Trinajstić information content (AvgIpc) is 2.52. The molecule has 2 atom stereocenters. The lowest BCUT2D eigenvalue weighted by Gasteiger charge is -2.27. The van der Waals surface area contributed by atoms with E-state index in [9.17, 15) is 9.90 Å². The first-order valence-corrected chi connectivity index (χ1v) is 7.76. The van der Waals surface area contributed by atoms with E-state index in [2.05, 4.69) is 5.32 Å². The molecule has 116 valence electrons. The van der Waals surface area contributed by atoms with Crippen LogP contribution in [0.3, 0.4) is 0 Å². The van der Waals surface area contributed by atoms with Gasteiger partial charge in [0.15, 0.2) is 0 Å². The van der Waals surface area contributed by atoms with Crippen molar-refractivity contribution in [3.8, 4) is 5.75 Å². The van der Waals surface area contributed by atoms with E-state index in [0.717, 1.165) is 37.0 Å². The fraction of sp³-hybridized carbons (Fsp3) is 0.588. The molecule has 2 unspecified atom stereocenters. The van der Waals surface area contributed by atoms with Gasteiger partial charge in [-0.3, -0.25) is 4.79 Å². The maximum atomic E-state index is 11.9. The van der Waals surface area contributed by atoms with Gasteiger partial charge in [0.25, 0.3) is 0 Å². The SMILES string of the molecule is COc1cccc(CCC(=O)NCC2CCCCC2O)c1. The van der Waals surface area contributed by atoms with Gasteiger partial charge in [-0.25, -0.2) is 0 Å². The van der Waals surface area contributed by atoms with Crippen molar-refractivity contribution in [1.29, 1.82) is 0 Å². The van der Waals surface area contributed by atoms with Crippen LogP contribution in [0, 0.1) is 5.92 Å². The third-order valence-electron chi connectivity index (χ3n) is 4.21. The minimum Gasteiger partial charge on any atom is -0.497 e. The van der Waals surface area contributed by atoms with E-state index in [0.29, 0.717) is 19.4 Å². The molecule has 0 radical (unpaired) electrons. The number of nitrogens with one attached hydrogen (secondary N) is 1. The molecule has 1 aromatic carbocycles. The number of rotatable bonds is 6. The molecular formula is C17H25NO3. The summed E-state index contributed by atoms with van der Waals surface area (Å²) in [5, 5.41) is 12.8. The Bertz CT molecular complexity index is 461. The molecule has 1 aromatic rings. The fourth-order valence-electron chi connectivity index (χ4n) is 2.85. The monoisotopic (exact) mass is 291 g/mol. The van der Waals surface area contributed by atoms with Gasteiger partial charge in [0, 0.05) is 18.9 Å². The second-order valence-electron chi connectivity index (χ2n) is 5.77. The van der Waals surface area contributed by atoms with Crippen molar-refractivity contribution in [2.75, 3.05) is 13.7 Å². The van der Waals surface area contributed by atoms with Gasteiger partial charge in [-0.15, -0.1) is 0 Å². The Morgan fingerprint density at radius 1 is 1.38 bits per heavy atom. The maximum Gasteiger partial charge on any atom is 0.220 e. The predicted molar refractivity (Wildman–Crippen MR) is 82.3 cm³/mol. The van der Waals surface area contributed by atoms with E-state index in [1.54, 1.807) is 7.11 Å². The van der Waals surface area contributed by atoms with Gasteiger partial charge in [0.05, 0.1) is 13.2 Å². The van der Waals surface area contributed by atoms with Crippen LogP contribution in [-0.4, -0.2) is 30.8 Å². The van der Waals surface area contributed by atoms with Crippen molar-refractivity contribution < 1.29 is 14.6 Å². The molecule has 4 nitrogen and oxygen atoms in total. The highest BCUT2D eigenvalue weighted by Crippen LogP contribution is 2.23. The lowest BCUT2D eigenvalue weighted by molar-refractivity contribution is -0.121. The molecule has 0 aromatic heterocycles. The number of methoxy groups -OCH3 is 1. The first kappa shape index (κ1) is 15.8. The van der Waals surface area contributed by atoms with Crippen LogP contribution in [0.15, 0.2) is 24.3 Å². The fourth-order valence-corrected chi connectivity index (χ4v) is 2.85. The lowest BCUT2D eigenvalue weighted by Crippen LogP contribution is -2.36. The van der Waals surface area contributed by atoms with Crippen LogP contribution >= 0.6 is 0 Å². The molecule has 1 saturated carbocycles. The standard InChI is InChI=1S/C17H25NO3/c1-21-15-7-4-5-13(11-15)9-10-17(20)18-12-14-6-2-3-8-16(14)19/h4-5,7,11,14,16,19H,2-3,6,8-10,12H2,1H3,(H,18,20). The number of hydrogen-bond donors (Lipinski definition) is 2. The third-order valence-corrected chi connectivity index (χ3v) is 4.21. The zero-order valence-corrected chi connectivity index (χ0v) is 12.7. The first-order chi connectivity index (χ1) is 10.2. The van der Waals surface area contributed by atoms with Gasteiger partial charge >= 0.3 is 0 Å². The third kappa shape index (κ3) is 5.05. The number of carbonyl (C=O) groups excluding carboxylic acids is 1. The Morgan fingerprint density at radius 3 is 2.95 bits per heavy atom. The summed E-state index contributed by atoms with van der Waals surface area (Å²) in [5.41, 5.74) is 1.10. The van der Waals surface area contributed by atoms with Crippen LogP contribution in [0.2, 0.25) is 0 Å². The molecule has 2 N–H and O–H groups in total. The van der Waals surface area contributed by atoms with E-state index in [1.165, 1.54) is 0 Å². The lowest BCUT2D eigenvalue weighted by atomic mass is 9.86. The second kappa shape index (κ2) is 8.03. The summed E-state index contributed by atoms with van der Waals surface area (Å²) in [4.78, 5) is 11.9. The summed E-state index contributed by atoms with van der Waals surface area (Å²) in [6.45, 7) is 0.595. The molecule has 0 bridgehead atoms. The molecule has 0 heterocycles. The highest BCUT2D eigenvalue weighted by atomic mass is 16.5. The Hall–Kier alpha value is -1.55. The highest BCUT2D eigenvalue weighted by molar-refractivity contribution is 5.76. The number of ether oxygens (including phenoxy) is 1. The largest absolute Gasteiger partial charge is 0.497 e. The smallest absolute Gasteiger partial charge is 0.220 e. The Balaban J connectivity index is 1.71. The zero-order chi connectivity index (χ0) is 15.1. The van der Waals surface area contributed by atoms with E-state index >= 15 is 0 Å². The molecular weight excluding hydrogens is 266 g/mol. The van der Waals surface area contributed by atoms with Gasteiger partial charge in [0.1, 0.15) is 5.75 Å². The minimum absolute atomic E-state index is 0.0515. The number of carbonyl (C=O) groups is 1. The average molecular weight is 291 g/mol. The van der Waals surface area contributed by atoms with Gasteiger partial charge in [-0.2, -0.15) is 0 Å². The van der Waals surface area contributed by atoms with Crippen molar-refractivity contribution in [1.82, 2.24) is 5.32 Å². The molecule has 4 heteroatoms. The molecule has 2 rings (SSSR count). The molecule has 0 aliphatic heterocycles. The van der Waals surface area contributed by atoms with Crippen LogP contribution < -0.4 is 10.1 Å². The van der Waals surface area contributed by atoms with Gasteiger partial charge < -0.3 is 15.2 Å². The van der Waals surface area contributed by atoms with Gasteiger partial charge in [-0.1, -0.05) is 25.0 Å². The second-order valence-corrected chi connectivity index (χ2v) is 5.77. The van der Waals surface area contributed by atoms with Crippen LogP contribution in [0.25, 0.3) is 0 Å². The van der Waals surface area contributed by atoms with Gasteiger partial charge in [-0.05, 0) is 37.0 Å². The highest BCUT2D eigenvalue weighted by Gasteiger charge is 2.23. The summed E-state index contributed by atoms with van der Waals surface area (Å²) >= 11 is 0. The minimum atomic E-state index is -0.252. The van der Waals surface area contributed by atoms with Crippen LogP contribution in [0.1, 0.15) is 37.7 Å². The number of benzene rings is 1. The summed E-state index contributed by atoms with van der Waals surface area (Å²) in [5.74, 6) is 1.09. The number of aliphatic hydroxyl groups is 1. The number of aryl methyl sites for hydroxylation is 1. The van der Waals surface area contributed by atoms with E-state index < -0.39 is 0 Å². The number of amides is 1. The van der Waals surface area contributed by atoms with Crippen LogP contribution in [0.5, 0.6) is 5.75 Å². The van der Waals surface area contributed by atoms with E-state index in [1.807, 2.05) is 24.3 Å². The Labute approximate surface area is 126 Å². The van der Waals surface area contributed by atoms with Crippen molar-refractivity contribution >= 4 is 5.91 Å². The Morgan fingerprint density at radius 2 is 2.19 bits per heavy atom. The summed E-state index contributed by atoms with van der Waals surface area (Å²) in [7, 11) is 1.64. The molecule has 1 aliphatic rings. The summed E-state index contributed by atoms with van der Waals surface area (Å²) in [6.07, 6.45) is 5.05. The predicted octanol–water partition coefficient (Wildman–Crippen LogP) is 2.30. The normalized spacial score (nSPS) is 21.8. The Kier molecular flexibility index (Phi) is 6.05. The van der Waals surface area contributed by atoms with E-state index in [-0.39, 0.29) is 17.9 Å². The van der Waals surface area contributed by atoms with Crippen molar-refractivity contribution in [2.45, 2.75) is 44.6 Å². The molecule has 1 amide bonds. The van der Waals surface area contributed by atoms with Gasteiger partial charge in [0.2, 0.25) is 5.91 Å². The molecule has 0 saturated heterocycles. The first-order valence-electron chi connectivity index (χ1n) is 7.76.